The summed E-state index contributed by atoms with van der Waals surface area (Å²) in [5, 5.41) is 16.0. The summed E-state index contributed by atoms with van der Waals surface area (Å²) in [6, 6.07) is 13.1. The van der Waals surface area contributed by atoms with E-state index in [1.165, 1.54) is 18.2 Å². The van der Waals surface area contributed by atoms with E-state index in [4.69, 9.17) is 0 Å². The summed E-state index contributed by atoms with van der Waals surface area (Å²) in [4.78, 5) is 21.9. The molecular formula is C15H15N3O3. The summed E-state index contributed by atoms with van der Waals surface area (Å²) in [5.74, 6) is 0. The van der Waals surface area contributed by atoms with Gasteiger partial charge in [-0.3, -0.25) is 10.1 Å². The largest absolute Gasteiger partial charge is 0.334 e. The number of non-ortho nitro benzene ring substituents is 1. The van der Waals surface area contributed by atoms with Crippen molar-refractivity contribution in [3.63, 3.8) is 0 Å². The zero-order chi connectivity index (χ0) is 15.2. The minimum atomic E-state index is -0.504. The Bertz CT molecular complexity index is 671. The maximum absolute atomic E-state index is 11.8. The van der Waals surface area contributed by atoms with E-state index in [9.17, 15) is 14.9 Å². The fourth-order valence-corrected chi connectivity index (χ4v) is 1.86. The molecule has 0 atom stereocenters. The zero-order valence-corrected chi connectivity index (χ0v) is 11.5. The van der Waals surface area contributed by atoms with Gasteiger partial charge in [-0.25, -0.2) is 4.79 Å². The van der Waals surface area contributed by atoms with Crippen molar-refractivity contribution in [2.75, 3.05) is 5.32 Å². The van der Waals surface area contributed by atoms with E-state index in [-0.39, 0.29) is 5.69 Å². The first kappa shape index (κ1) is 14.5. The maximum Gasteiger partial charge on any atom is 0.319 e. The molecule has 0 saturated heterocycles. The Balaban J connectivity index is 1.95. The number of nitrogens with zero attached hydrogens (tertiary/aromatic N) is 1. The molecule has 0 aromatic heterocycles. The molecule has 2 amide bonds. The fourth-order valence-electron chi connectivity index (χ4n) is 1.86. The van der Waals surface area contributed by atoms with Gasteiger partial charge in [0.05, 0.1) is 4.92 Å². The number of hydrogen-bond acceptors (Lipinski definition) is 3. The number of carbonyl (C=O) groups is 1. The van der Waals surface area contributed by atoms with Gasteiger partial charge < -0.3 is 10.6 Å². The summed E-state index contributed by atoms with van der Waals surface area (Å²) in [5.41, 5.74) is 2.43. The lowest BCUT2D eigenvalue weighted by atomic mass is 10.1. The van der Waals surface area contributed by atoms with Gasteiger partial charge in [-0.1, -0.05) is 30.3 Å². The monoisotopic (exact) mass is 285 g/mol. The average Bonchev–Trinajstić information content (AvgIpc) is 2.46. The Morgan fingerprint density at radius 2 is 1.95 bits per heavy atom. The van der Waals surface area contributed by atoms with Crippen LogP contribution in [0, 0.1) is 17.0 Å². The van der Waals surface area contributed by atoms with Gasteiger partial charge in [0.15, 0.2) is 0 Å². The van der Waals surface area contributed by atoms with Crippen LogP contribution in [0.1, 0.15) is 11.1 Å². The molecule has 0 aliphatic heterocycles. The van der Waals surface area contributed by atoms with Gasteiger partial charge in [0.2, 0.25) is 0 Å². The average molecular weight is 285 g/mol. The van der Waals surface area contributed by atoms with Crippen LogP contribution in [0.25, 0.3) is 0 Å². The highest BCUT2D eigenvalue weighted by Crippen LogP contribution is 2.16. The summed E-state index contributed by atoms with van der Waals surface area (Å²) in [7, 11) is 0. The molecule has 6 heteroatoms. The number of nitrogens with one attached hydrogen (secondary N) is 2. The lowest BCUT2D eigenvalue weighted by molar-refractivity contribution is -0.384. The van der Waals surface area contributed by atoms with E-state index in [0.717, 1.165) is 11.1 Å². The quantitative estimate of drug-likeness (QED) is 0.668. The van der Waals surface area contributed by atoms with Crippen LogP contribution >= 0.6 is 0 Å². The number of nitro groups is 1. The maximum atomic E-state index is 11.8. The lowest BCUT2D eigenvalue weighted by Crippen LogP contribution is -2.28. The second kappa shape index (κ2) is 6.51. The molecule has 0 saturated carbocycles. The number of hydrogen-bond donors (Lipinski definition) is 2. The first-order valence-corrected chi connectivity index (χ1v) is 6.40. The van der Waals surface area contributed by atoms with Crippen LogP contribution in [0.5, 0.6) is 0 Å². The van der Waals surface area contributed by atoms with E-state index in [2.05, 4.69) is 10.6 Å². The Morgan fingerprint density at radius 3 is 2.67 bits per heavy atom. The number of nitro benzene ring substituents is 1. The molecular weight excluding hydrogens is 270 g/mol. The molecule has 21 heavy (non-hydrogen) atoms. The normalized spacial score (nSPS) is 9.95. The number of rotatable bonds is 4. The van der Waals surface area contributed by atoms with E-state index >= 15 is 0 Å². The predicted octanol–water partition coefficient (Wildman–Crippen LogP) is 3.22. The molecule has 0 heterocycles. The molecule has 0 bridgehead atoms. The molecule has 0 fully saturated rings. The van der Waals surface area contributed by atoms with Crippen molar-refractivity contribution in [1.82, 2.24) is 5.32 Å². The number of aryl methyl sites for hydroxylation is 1. The Kier molecular flexibility index (Phi) is 4.50. The van der Waals surface area contributed by atoms with Crippen molar-refractivity contribution in [2.24, 2.45) is 0 Å². The first-order valence-electron chi connectivity index (χ1n) is 6.40. The van der Waals surface area contributed by atoms with Crippen LogP contribution in [-0.4, -0.2) is 11.0 Å². The second-order valence-electron chi connectivity index (χ2n) is 4.54. The van der Waals surface area contributed by atoms with Crippen LogP contribution in [0.2, 0.25) is 0 Å². The van der Waals surface area contributed by atoms with Crippen LogP contribution < -0.4 is 10.6 Å². The highest BCUT2D eigenvalue weighted by Gasteiger charge is 2.08. The van der Waals surface area contributed by atoms with Gasteiger partial charge in [-0.15, -0.1) is 0 Å². The highest BCUT2D eigenvalue weighted by molar-refractivity contribution is 5.89. The zero-order valence-electron chi connectivity index (χ0n) is 11.5. The standard InChI is InChI=1S/C15H15N3O3/c1-11-5-2-3-6-12(11)10-16-15(19)17-13-7-4-8-14(9-13)18(20)21/h2-9H,10H2,1H3,(H2,16,17,19). The lowest BCUT2D eigenvalue weighted by Gasteiger charge is -2.09. The van der Waals surface area contributed by atoms with E-state index in [0.29, 0.717) is 12.2 Å². The minimum Gasteiger partial charge on any atom is -0.334 e. The van der Waals surface area contributed by atoms with Crippen molar-refractivity contribution in [3.05, 3.63) is 69.8 Å². The number of benzene rings is 2. The number of carbonyl (C=O) groups excluding carboxylic acids is 1. The minimum absolute atomic E-state index is 0.0632. The summed E-state index contributed by atoms with van der Waals surface area (Å²) in [6.45, 7) is 2.36. The third-order valence-electron chi connectivity index (χ3n) is 3.02. The molecule has 0 spiro atoms. The third-order valence-corrected chi connectivity index (χ3v) is 3.02. The van der Waals surface area contributed by atoms with Gasteiger partial charge >= 0.3 is 6.03 Å². The van der Waals surface area contributed by atoms with E-state index in [1.54, 1.807) is 6.07 Å². The molecule has 2 aromatic carbocycles. The van der Waals surface area contributed by atoms with E-state index in [1.807, 2.05) is 31.2 Å². The van der Waals surface area contributed by atoms with Crippen molar-refractivity contribution < 1.29 is 9.72 Å². The molecule has 2 aromatic rings. The molecule has 6 nitrogen and oxygen atoms in total. The van der Waals surface area contributed by atoms with Crippen molar-refractivity contribution in [3.8, 4) is 0 Å². The van der Waals surface area contributed by atoms with Gasteiger partial charge in [0, 0.05) is 24.4 Å². The smallest absolute Gasteiger partial charge is 0.319 e. The number of amides is 2. The Labute approximate surface area is 121 Å². The molecule has 2 rings (SSSR count). The van der Waals surface area contributed by atoms with Crippen LogP contribution in [-0.2, 0) is 6.54 Å². The summed E-state index contributed by atoms with van der Waals surface area (Å²) in [6.07, 6.45) is 0. The predicted molar refractivity (Wildman–Crippen MR) is 80.1 cm³/mol. The van der Waals surface area contributed by atoms with Gasteiger partial charge in [0.25, 0.3) is 5.69 Å². The molecule has 0 aliphatic carbocycles. The Hall–Kier alpha value is -2.89. The number of urea groups is 1. The van der Waals surface area contributed by atoms with Gasteiger partial charge in [0.1, 0.15) is 0 Å². The molecule has 2 N–H and O–H groups in total. The van der Waals surface area contributed by atoms with Crippen LogP contribution in [0.3, 0.4) is 0 Å². The highest BCUT2D eigenvalue weighted by atomic mass is 16.6. The molecule has 108 valence electrons. The molecule has 0 radical (unpaired) electrons. The van der Waals surface area contributed by atoms with Crippen LogP contribution in [0.4, 0.5) is 16.2 Å². The third kappa shape index (κ3) is 4.04. The first-order chi connectivity index (χ1) is 10.1. The topological polar surface area (TPSA) is 84.3 Å². The fraction of sp³-hybridized carbons (Fsp3) is 0.133. The molecule has 0 aliphatic rings. The number of anilines is 1. The van der Waals surface area contributed by atoms with Crippen molar-refractivity contribution in [1.29, 1.82) is 0 Å². The second-order valence-corrected chi connectivity index (χ2v) is 4.54. The SMILES string of the molecule is Cc1ccccc1CNC(=O)Nc1cccc([N+](=O)[O-])c1. The summed E-state index contributed by atoms with van der Waals surface area (Å²) >= 11 is 0. The Morgan fingerprint density at radius 1 is 1.19 bits per heavy atom. The summed E-state index contributed by atoms with van der Waals surface area (Å²) < 4.78 is 0. The van der Waals surface area contributed by atoms with Crippen molar-refractivity contribution >= 4 is 17.4 Å². The van der Waals surface area contributed by atoms with Gasteiger partial charge in [-0.2, -0.15) is 0 Å². The van der Waals surface area contributed by atoms with Crippen molar-refractivity contribution in [2.45, 2.75) is 13.5 Å². The van der Waals surface area contributed by atoms with Crippen LogP contribution in [0.15, 0.2) is 48.5 Å². The van der Waals surface area contributed by atoms with E-state index < -0.39 is 11.0 Å². The molecule has 0 unspecified atom stereocenters. The van der Waals surface area contributed by atoms with Gasteiger partial charge in [-0.05, 0) is 24.1 Å².